The van der Waals surface area contributed by atoms with E-state index in [2.05, 4.69) is 34.4 Å². The molecular weight excluding hydrogens is 579 g/mol. The lowest BCUT2D eigenvalue weighted by Gasteiger charge is -2.19. The van der Waals surface area contributed by atoms with Crippen LogP contribution >= 0.6 is 0 Å². The van der Waals surface area contributed by atoms with Gasteiger partial charge in [0, 0.05) is 35.7 Å². The summed E-state index contributed by atoms with van der Waals surface area (Å²) in [5, 5.41) is 39.7. The van der Waals surface area contributed by atoms with E-state index in [4.69, 9.17) is 20.4 Å². The number of H-pyrrole nitrogens is 1. The number of allylic oxidation sites excluding steroid dienone is 1. The van der Waals surface area contributed by atoms with Crippen molar-refractivity contribution in [3.8, 4) is 0 Å². The monoisotopic (exact) mass is 616 g/mol. The molecular formula is C30H37FN4O9. The molecule has 1 aliphatic heterocycles. The Morgan fingerprint density at radius 1 is 1.05 bits per heavy atom. The molecule has 4 rings (SSSR count). The number of anilines is 1. The van der Waals surface area contributed by atoms with E-state index in [1.54, 1.807) is 6.07 Å². The van der Waals surface area contributed by atoms with Crippen LogP contribution in [0.3, 0.4) is 0 Å². The van der Waals surface area contributed by atoms with Crippen molar-refractivity contribution in [2.24, 2.45) is 0 Å². The Balaban J connectivity index is 0.000000345. The zero-order valence-electron chi connectivity index (χ0n) is 24.8. The van der Waals surface area contributed by atoms with Crippen molar-refractivity contribution in [1.82, 2.24) is 15.2 Å². The number of aromatic amines is 1. The van der Waals surface area contributed by atoms with Crippen LogP contribution in [0.4, 0.5) is 10.1 Å². The molecule has 7 N–H and O–H groups in total. The molecule has 238 valence electrons. The number of nitrogens with zero attached hydrogens (tertiary/aromatic N) is 1. The van der Waals surface area contributed by atoms with E-state index in [9.17, 15) is 28.4 Å². The fourth-order valence-electron chi connectivity index (χ4n) is 5.42. The second-order valence-electron chi connectivity index (χ2n) is 10.6. The van der Waals surface area contributed by atoms with Gasteiger partial charge in [-0.1, -0.05) is 13.8 Å². The summed E-state index contributed by atoms with van der Waals surface area (Å²) in [6.07, 6.45) is 0.0195. The number of aryl methyl sites for hydroxylation is 1. The smallest absolute Gasteiger partial charge is 0.336 e. The van der Waals surface area contributed by atoms with Crippen molar-refractivity contribution in [1.29, 1.82) is 0 Å². The first-order chi connectivity index (χ1) is 20.7. The summed E-state index contributed by atoms with van der Waals surface area (Å²) in [5.74, 6) is -5.70. The van der Waals surface area contributed by atoms with Crippen molar-refractivity contribution in [3.05, 3.63) is 52.1 Å². The van der Waals surface area contributed by atoms with Crippen molar-refractivity contribution in [2.75, 3.05) is 31.5 Å². The quantitative estimate of drug-likeness (QED) is 0.183. The van der Waals surface area contributed by atoms with Gasteiger partial charge in [-0.25, -0.2) is 9.18 Å². The van der Waals surface area contributed by atoms with E-state index in [1.165, 1.54) is 12.1 Å². The van der Waals surface area contributed by atoms with Gasteiger partial charge in [0.05, 0.1) is 24.0 Å². The molecule has 0 saturated carbocycles. The molecule has 0 spiro atoms. The highest BCUT2D eigenvalue weighted by molar-refractivity contribution is 6.37. The zero-order valence-corrected chi connectivity index (χ0v) is 24.8. The van der Waals surface area contributed by atoms with Crippen LogP contribution in [0.5, 0.6) is 0 Å². The number of fused-ring (bicyclic) bond motifs is 2. The summed E-state index contributed by atoms with van der Waals surface area (Å²) in [4.78, 5) is 61.9. The van der Waals surface area contributed by atoms with Crippen molar-refractivity contribution in [2.45, 2.75) is 58.5 Å². The predicted molar refractivity (Wildman–Crippen MR) is 158 cm³/mol. The Bertz CT molecular complexity index is 1480. The van der Waals surface area contributed by atoms with Crippen LogP contribution in [0.25, 0.3) is 11.1 Å². The molecule has 0 bridgehead atoms. The number of carbonyl (C=O) groups excluding carboxylic acids is 2. The summed E-state index contributed by atoms with van der Waals surface area (Å²) < 4.78 is 13.9. The van der Waals surface area contributed by atoms with Gasteiger partial charge in [0.1, 0.15) is 5.82 Å². The minimum Gasteiger partial charge on any atom is -0.481 e. The lowest BCUT2D eigenvalue weighted by molar-refractivity contribution is -0.170. The standard InChI is InChI=1S/C24H29FN4O2.C6H8O7/c1-4-29(5-2)12-11-26-23(30)20-14(3)27-22-16(20)7-6-8-17(22)21-18-13-15(25)9-10-19(18)28-24(21)31;7-3(8)1-6(13,5(11)12)2-4(9)10/h9-10,13,27H,4-8,11-12H2,1-3H3,(H,26,30)(H,28,31);13H,1-2H2,(H,7,8)(H,9,10)(H,11,12). The molecule has 44 heavy (non-hydrogen) atoms. The van der Waals surface area contributed by atoms with Gasteiger partial charge in [-0.15, -0.1) is 0 Å². The van der Waals surface area contributed by atoms with Crippen LogP contribution in [-0.4, -0.2) is 91.8 Å². The molecule has 14 heteroatoms. The third-order valence-electron chi connectivity index (χ3n) is 7.59. The molecule has 0 unspecified atom stereocenters. The first kappa shape index (κ1) is 33.9. The molecule has 0 radical (unpaired) electrons. The molecule has 1 aromatic heterocycles. The van der Waals surface area contributed by atoms with Crippen molar-refractivity contribution < 1.29 is 48.8 Å². The second kappa shape index (κ2) is 14.3. The van der Waals surface area contributed by atoms with Gasteiger partial charge in [0.25, 0.3) is 11.8 Å². The number of nitrogens with one attached hydrogen (secondary N) is 3. The van der Waals surface area contributed by atoms with E-state index in [0.29, 0.717) is 35.4 Å². The van der Waals surface area contributed by atoms with Crippen LogP contribution in [0, 0.1) is 12.7 Å². The number of rotatable bonds is 11. The number of hydrogen-bond acceptors (Lipinski definition) is 7. The van der Waals surface area contributed by atoms with Gasteiger partial charge in [0.15, 0.2) is 5.60 Å². The van der Waals surface area contributed by atoms with Crippen LogP contribution in [0.2, 0.25) is 0 Å². The number of aliphatic hydroxyl groups is 1. The number of halogens is 1. The molecule has 2 heterocycles. The Kier molecular flexibility index (Phi) is 11.0. The number of carbonyl (C=O) groups is 5. The Morgan fingerprint density at radius 3 is 2.25 bits per heavy atom. The molecule has 1 aliphatic carbocycles. The number of aliphatic carboxylic acids is 3. The van der Waals surface area contributed by atoms with E-state index in [1.807, 2.05) is 6.92 Å². The van der Waals surface area contributed by atoms with Gasteiger partial charge < -0.3 is 40.9 Å². The maximum atomic E-state index is 13.9. The summed E-state index contributed by atoms with van der Waals surface area (Å²) >= 11 is 0. The number of hydrogen-bond donors (Lipinski definition) is 7. The van der Waals surface area contributed by atoms with Gasteiger partial charge in [0.2, 0.25) is 0 Å². The third kappa shape index (κ3) is 7.68. The SMILES string of the molecule is CCN(CC)CCNC(=O)c1c(C)[nH]c2c1CCCC2=C1C(=O)Nc2ccc(F)cc21.O=C(O)CC(O)(CC(=O)O)C(=O)O. The molecule has 13 nitrogen and oxygen atoms in total. The number of amides is 2. The minimum atomic E-state index is -2.74. The average Bonchev–Trinajstić information content (AvgIpc) is 3.45. The van der Waals surface area contributed by atoms with E-state index >= 15 is 0 Å². The molecule has 0 saturated heterocycles. The van der Waals surface area contributed by atoms with Crippen LogP contribution < -0.4 is 10.6 Å². The normalized spacial score (nSPS) is 15.5. The van der Waals surface area contributed by atoms with E-state index < -0.39 is 36.4 Å². The highest BCUT2D eigenvalue weighted by Gasteiger charge is 2.41. The largest absolute Gasteiger partial charge is 0.481 e. The predicted octanol–water partition coefficient (Wildman–Crippen LogP) is 2.48. The molecule has 2 amide bonds. The average molecular weight is 617 g/mol. The third-order valence-corrected chi connectivity index (χ3v) is 7.59. The van der Waals surface area contributed by atoms with Crippen LogP contribution in [-0.2, 0) is 25.6 Å². The topological polar surface area (TPSA) is 209 Å². The number of likely N-dealkylation sites (N-methyl/N-ethyl adjacent to an activating group) is 1. The summed E-state index contributed by atoms with van der Waals surface area (Å²) in [6.45, 7) is 9.40. The van der Waals surface area contributed by atoms with Gasteiger partial charge in [-0.3, -0.25) is 19.2 Å². The van der Waals surface area contributed by atoms with Crippen LogP contribution in [0.1, 0.15) is 72.4 Å². The fourth-order valence-corrected chi connectivity index (χ4v) is 5.42. The minimum absolute atomic E-state index is 0.0873. The van der Waals surface area contributed by atoms with Gasteiger partial charge in [-0.05, 0) is 68.6 Å². The first-order valence-electron chi connectivity index (χ1n) is 14.2. The number of aromatic nitrogens is 1. The maximum absolute atomic E-state index is 13.9. The molecule has 2 aromatic rings. The lowest BCUT2D eigenvalue weighted by Crippen LogP contribution is -2.42. The lowest BCUT2D eigenvalue weighted by atomic mass is 9.86. The summed E-state index contributed by atoms with van der Waals surface area (Å²) in [7, 11) is 0. The Morgan fingerprint density at radius 2 is 1.68 bits per heavy atom. The van der Waals surface area contributed by atoms with Crippen molar-refractivity contribution in [3.63, 3.8) is 0 Å². The zero-order chi connectivity index (χ0) is 32.8. The number of carboxylic acid groups (broad SMARTS) is 3. The maximum Gasteiger partial charge on any atom is 0.336 e. The van der Waals surface area contributed by atoms with Crippen molar-refractivity contribution >= 4 is 46.6 Å². The number of benzene rings is 1. The summed E-state index contributed by atoms with van der Waals surface area (Å²) in [5.41, 5.74) is 3.08. The van der Waals surface area contributed by atoms with Gasteiger partial charge >= 0.3 is 17.9 Å². The first-order valence-corrected chi connectivity index (χ1v) is 14.2. The molecule has 0 atom stereocenters. The van der Waals surface area contributed by atoms with E-state index in [0.717, 1.165) is 55.0 Å². The highest BCUT2D eigenvalue weighted by Crippen LogP contribution is 2.43. The Labute approximate surface area is 252 Å². The van der Waals surface area contributed by atoms with E-state index in [-0.39, 0.29) is 17.6 Å². The highest BCUT2D eigenvalue weighted by atomic mass is 19.1. The fraction of sp³-hybridized carbons (Fsp3) is 0.433. The molecule has 1 aromatic carbocycles. The van der Waals surface area contributed by atoms with Crippen LogP contribution in [0.15, 0.2) is 18.2 Å². The summed E-state index contributed by atoms with van der Waals surface area (Å²) in [6, 6.07) is 4.34. The number of carboxylic acids is 3. The second-order valence-corrected chi connectivity index (χ2v) is 10.6. The Hall–Kier alpha value is -4.56. The van der Waals surface area contributed by atoms with Gasteiger partial charge in [-0.2, -0.15) is 0 Å². The molecule has 0 fully saturated rings. The molecule has 2 aliphatic rings.